The summed E-state index contributed by atoms with van der Waals surface area (Å²) in [6.07, 6.45) is 10.4. The molecule has 0 spiro atoms. The molecule has 4 nitrogen and oxygen atoms in total. The van der Waals surface area contributed by atoms with Gasteiger partial charge in [-0.25, -0.2) is 0 Å². The number of carbonyl (C=O) groups excluding carboxylic acids is 1. The molecule has 1 aliphatic carbocycles. The third kappa shape index (κ3) is 4.46. The Morgan fingerprint density at radius 1 is 1.00 bits per heavy atom. The standard InChI is InChI=1S/C15H29N3O/c16-15(8-4-3-5-9-15)14(19)17-10-13-18-11-6-1-2-7-12-18/h1-13,16H2,(H,17,19). The van der Waals surface area contributed by atoms with Crippen molar-refractivity contribution in [1.29, 1.82) is 0 Å². The van der Waals surface area contributed by atoms with Gasteiger partial charge in [0, 0.05) is 13.1 Å². The van der Waals surface area contributed by atoms with Crippen molar-refractivity contribution in [3.05, 3.63) is 0 Å². The van der Waals surface area contributed by atoms with Gasteiger partial charge in [0.1, 0.15) is 0 Å². The van der Waals surface area contributed by atoms with Gasteiger partial charge in [-0.2, -0.15) is 0 Å². The second kappa shape index (κ2) is 7.25. The monoisotopic (exact) mass is 267 g/mol. The number of rotatable bonds is 4. The number of amides is 1. The summed E-state index contributed by atoms with van der Waals surface area (Å²) in [6.45, 7) is 4.09. The van der Waals surface area contributed by atoms with Gasteiger partial charge in [0.05, 0.1) is 5.54 Å². The summed E-state index contributed by atoms with van der Waals surface area (Å²) in [4.78, 5) is 14.6. The summed E-state index contributed by atoms with van der Waals surface area (Å²) in [5.41, 5.74) is 5.63. The normalized spacial score (nSPS) is 24.7. The molecule has 0 unspecified atom stereocenters. The Hall–Kier alpha value is -0.610. The number of hydrogen-bond donors (Lipinski definition) is 2. The highest BCUT2D eigenvalue weighted by Crippen LogP contribution is 2.25. The van der Waals surface area contributed by atoms with E-state index >= 15 is 0 Å². The highest BCUT2D eigenvalue weighted by atomic mass is 16.2. The van der Waals surface area contributed by atoms with E-state index in [2.05, 4.69) is 10.2 Å². The van der Waals surface area contributed by atoms with E-state index in [-0.39, 0.29) is 5.91 Å². The molecule has 0 aromatic heterocycles. The molecule has 1 amide bonds. The Morgan fingerprint density at radius 3 is 2.21 bits per heavy atom. The van der Waals surface area contributed by atoms with Gasteiger partial charge in [0.15, 0.2) is 0 Å². The van der Waals surface area contributed by atoms with E-state index in [0.717, 1.165) is 38.8 Å². The van der Waals surface area contributed by atoms with E-state index in [0.29, 0.717) is 0 Å². The first kappa shape index (κ1) is 14.8. The molecule has 2 rings (SSSR count). The molecule has 0 aromatic rings. The second-order valence-corrected chi connectivity index (χ2v) is 6.23. The first-order valence-electron chi connectivity index (χ1n) is 8.00. The zero-order chi connectivity index (χ0) is 13.6. The van der Waals surface area contributed by atoms with Crippen molar-refractivity contribution in [1.82, 2.24) is 10.2 Å². The summed E-state index contributed by atoms with van der Waals surface area (Å²) < 4.78 is 0. The van der Waals surface area contributed by atoms with Crippen molar-refractivity contribution < 1.29 is 4.79 Å². The third-order valence-electron chi connectivity index (χ3n) is 4.61. The van der Waals surface area contributed by atoms with Gasteiger partial charge in [-0.05, 0) is 38.8 Å². The van der Waals surface area contributed by atoms with Crippen molar-refractivity contribution in [2.45, 2.75) is 63.3 Å². The maximum atomic E-state index is 12.2. The highest BCUT2D eigenvalue weighted by molar-refractivity contribution is 5.86. The minimum Gasteiger partial charge on any atom is -0.353 e. The molecule has 2 aliphatic rings. The van der Waals surface area contributed by atoms with E-state index in [9.17, 15) is 4.79 Å². The molecule has 110 valence electrons. The predicted molar refractivity (Wildman–Crippen MR) is 77.9 cm³/mol. The van der Waals surface area contributed by atoms with Crippen LogP contribution in [-0.2, 0) is 4.79 Å². The predicted octanol–water partition coefficient (Wildman–Crippen LogP) is 1.64. The molecule has 4 heteroatoms. The highest BCUT2D eigenvalue weighted by Gasteiger charge is 2.34. The van der Waals surface area contributed by atoms with E-state index in [4.69, 9.17) is 5.73 Å². The Morgan fingerprint density at radius 2 is 1.58 bits per heavy atom. The zero-order valence-corrected chi connectivity index (χ0v) is 12.1. The molecule has 2 fully saturated rings. The summed E-state index contributed by atoms with van der Waals surface area (Å²) in [5.74, 6) is 0.0713. The maximum Gasteiger partial charge on any atom is 0.240 e. The first-order valence-corrected chi connectivity index (χ1v) is 8.00. The quantitative estimate of drug-likeness (QED) is 0.814. The topological polar surface area (TPSA) is 58.4 Å². The molecule has 1 saturated heterocycles. The first-order chi connectivity index (χ1) is 9.21. The SMILES string of the molecule is NC1(C(=O)NCCN2CCCCCC2)CCCCC1. The van der Waals surface area contributed by atoms with Gasteiger partial charge in [-0.1, -0.05) is 32.1 Å². The van der Waals surface area contributed by atoms with E-state index in [1.807, 2.05) is 0 Å². The van der Waals surface area contributed by atoms with E-state index in [1.54, 1.807) is 0 Å². The summed E-state index contributed by atoms with van der Waals surface area (Å²) in [6, 6.07) is 0. The number of nitrogens with one attached hydrogen (secondary N) is 1. The molecule has 0 bridgehead atoms. The second-order valence-electron chi connectivity index (χ2n) is 6.23. The van der Waals surface area contributed by atoms with Crippen LogP contribution in [0.15, 0.2) is 0 Å². The molecular formula is C15H29N3O. The fourth-order valence-electron chi connectivity index (χ4n) is 3.27. The lowest BCUT2D eigenvalue weighted by atomic mass is 9.82. The van der Waals surface area contributed by atoms with Gasteiger partial charge in [-0.3, -0.25) is 4.79 Å². The van der Waals surface area contributed by atoms with Crippen LogP contribution in [0.2, 0.25) is 0 Å². The van der Waals surface area contributed by atoms with Crippen molar-refractivity contribution in [3.63, 3.8) is 0 Å². The van der Waals surface area contributed by atoms with Gasteiger partial charge in [0.25, 0.3) is 0 Å². The molecule has 1 aliphatic heterocycles. The average Bonchev–Trinajstić information content (AvgIpc) is 2.68. The number of likely N-dealkylation sites (tertiary alicyclic amines) is 1. The van der Waals surface area contributed by atoms with Gasteiger partial charge in [-0.15, -0.1) is 0 Å². The van der Waals surface area contributed by atoms with Crippen molar-refractivity contribution in [2.24, 2.45) is 5.73 Å². The lowest BCUT2D eigenvalue weighted by Crippen LogP contribution is -2.55. The minimum absolute atomic E-state index is 0.0713. The lowest BCUT2D eigenvalue weighted by molar-refractivity contribution is -0.127. The van der Waals surface area contributed by atoms with Gasteiger partial charge < -0.3 is 16.0 Å². The van der Waals surface area contributed by atoms with Crippen LogP contribution in [0.25, 0.3) is 0 Å². The van der Waals surface area contributed by atoms with Crippen LogP contribution in [0, 0.1) is 0 Å². The Kier molecular flexibility index (Phi) is 5.64. The van der Waals surface area contributed by atoms with Crippen LogP contribution in [0.5, 0.6) is 0 Å². The van der Waals surface area contributed by atoms with Gasteiger partial charge in [0.2, 0.25) is 5.91 Å². The van der Waals surface area contributed by atoms with Crippen LogP contribution in [-0.4, -0.2) is 42.5 Å². The minimum atomic E-state index is -0.586. The van der Waals surface area contributed by atoms with Crippen LogP contribution < -0.4 is 11.1 Å². The Labute approximate surface area is 117 Å². The number of nitrogens with zero attached hydrogens (tertiary/aromatic N) is 1. The smallest absolute Gasteiger partial charge is 0.240 e. The van der Waals surface area contributed by atoms with Crippen molar-refractivity contribution in [3.8, 4) is 0 Å². The molecule has 0 atom stereocenters. The largest absolute Gasteiger partial charge is 0.353 e. The Balaban J connectivity index is 1.68. The van der Waals surface area contributed by atoms with Crippen LogP contribution in [0.1, 0.15) is 57.8 Å². The Bertz CT molecular complexity index is 279. The van der Waals surface area contributed by atoms with Gasteiger partial charge >= 0.3 is 0 Å². The van der Waals surface area contributed by atoms with Crippen molar-refractivity contribution >= 4 is 5.91 Å². The van der Waals surface area contributed by atoms with Crippen LogP contribution >= 0.6 is 0 Å². The summed E-state index contributed by atoms with van der Waals surface area (Å²) in [5, 5.41) is 3.05. The third-order valence-corrected chi connectivity index (χ3v) is 4.61. The number of carbonyl (C=O) groups is 1. The molecule has 3 N–H and O–H groups in total. The maximum absolute atomic E-state index is 12.2. The fourth-order valence-corrected chi connectivity index (χ4v) is 3.27. The van der Waals surface area contributed by atoms with E-state index in [1.165, 1.54) is 45.2 Å². The molecule has 0 aromatic carbocycles. The fraction of sp³-hybridized carbons (Fsp3) is 0.933. The zero-order valence-electron chi connectivity index (χ0n) is 12.1. The van der Waals surface area contributed by atoms with Crippen molar-refractivity contribution in [2.75, 3.05) is 26.2 Å². The molecular weight excluding hydrogens is 238 g/mol. The molecule has 1 heterocycles. The summed E-state index contributed by atoms with van der Waals surface area (Å²) >= 11 is 0. The number of hydrogen-bond acceptors (Lipinski definition) is 3. The molecule has 1 saturated carbocycles. The summed E-state index contributed by atoms with van der Waals surface area (Å²) in [7, 11) is 0. The number of nitrogens with two attached hydrogens (primary N) is 1. The lowest BCUT2D eigenvalue weighted by Gasteiger charge is -2.32. The molecule has 19 heavy (non-hydrogen) atoms. The molecule has 0 radical (unpaired) electrons. The van der Waals surface area contributed by atoms with Crippen LogP contribution in [0.3, 0.4) is 0 Å². The average molecular weight is 267 g/mol. The van der Waals surface area contributed by atoms with Crippen LogP contribution in [0.4, 0.5) is 0 Å². The van der Waals surface area contributed by atoms with E-state index < -0.39 is 5.54 Å².